The molecule has 72 valence electrons. The fourth-order valence-electron chi connectivity index (χ4n) is 0.876. The topological polar surface area (TPSA) is 63.6 Å². The summed E-state index contributed by atoms with van der Waals surface area (Å²) in [5, 5.41) is 11.2. The molecule has 0 aliphatic carbocycles. The third kappa shape index (κ3) is 2.36. The second-order valence-corrected chi connectivity index (χ2v) is 4.02. The molecular formula is C7H6ClN5S. The summed E-state index contributed by atoms with van der Waals surface area (Å²) < 4.78 is 0.428. The molecule has 0 radical (unpaired) electrons. The van der Waals surface area contributed by atoms with Crippen LogP contribution in [0.2, 0.25) is 4.47 Å². The van der Waals surface area contributed by atoms with Gasteiger partial charge in [0, 0.05) is 24.5 Å². The minimum Gasteiger partial charge on any atom is -0.356 e. The van der Waals surface area contributed by atoms with Crippen LogP contribution in [0.15, 0.2) is 18.7 Å². The first-order valence-electron chi connectivity index (χ1n) is 3.81. The smallest absolute Gasteiger partial charge is 0.208 e. The van der Waals surface area contributed by atoms with Gasteiger partial charge < -0.3 is 5.32 Å². The first kappa shape index (κ1) is 9.29. The summed E-state index contributed by atoms with van der Waals surface area (Å²) >= 11 is 6.92. The summed E-state index contributed by atoms with van der Waals surface area (Å²) in [5.41, 5.74) is 0.985. The average molecular weight is 228 g/mol. The Kier molecular flexibility index (Phi) is 2.85. The van der Waals surface area contributed by atoms with Crippen molar-refractivity contribution in [1.29, 1.82) is 0 Å². The quantitative estimate of drug-likeness (QED) is 0.863. The fraction of sp³-hybridized carbons (Fsp3) is 0.143. The van der Waals surface area contributed by atoms with Crippen molar-refractivity contribution in [2.45, 2.75) is 6.54 Å². The Hall–Kier alpha value is -1.27. The van der Waals surface area contributed by atoms with Gasteiger partial charge in [0.15, 0.2) is 0 Å². The molecule has 0 aromatic carbocycles. The third-order valence-electron chi connectivity index (χ3n) is 1.46. The highest BCUT2D eigenvalue weighted by Gasteiger charge is 2.00. The first-order valence-corrected chi connectivity index (χ1v) is 5.01. The van der Waals surface area contributed by atoms with Crippen LogP contribution < -0.4 is 5.32 Å². The normalized spacial score (nSPS) is 10.1. The predicted octanol–water partition coefficient (Wildman–Crippen LogP) is 1.59. The summed E-state index contributed by atoms with van der Waals surface area (Å²) in [5.74, 6) is 0. The zero-order valence-electron chi connectivity index (χ0n) is 7.01. The van der Waals surface area contributed by atoms with Crippen molar-refractivity contribution in [3.05, 3.63) is 28.8 Å². The van der Waals surface area contributed by atoms with E-state index < -0.39 is 0 Å². The number of nitrogens with zero attached hydrogens (tertiary/aromatic N) is 4. The molecule has 0 aliphatic heterocycles. The van der Waals surface area contributed by atoms with E-state index in [1.54, 1.807) is 12.4 Å². The van der Waals surface area contributed by atoms with Gasteiger partial charge in [-0.15, -0.1) is 10.2 Å². The van der Waals surface area contributed by atoms with Crippen LogP contribution >= 0.6 is 22.9 Å². The number of halogens is 1. The van der Waals surface area contributed by atoms with Gasteiger partial charge in [0.25, 0.3) is 0 Å². The van der Waals surface area contributed by atoms with E-state index in [2.05, 4.69) is 25.5 Å². The average Bonchev–Trinajstić information content (AvgIpc) is 2.63. The minimum absolute atomic E-state index is 0.428. The standard InChI is InChI=1S/C7H6ClN5S/c8-6-12-13-7(14-6)11-3-5-1-9-4-10-2-5/h1-2,4H,3H2,(H,11,13). The molecule has 0 bridgehead atoms. The summed E-state index contributed by atoms with van der Waals surface area (Å²) in [6.45, 7) is 0.617. The molecule has 7 heteroatoms. The van der Waals surface area contributed by atoms with Gasteiger partial charge >= 0.3 is 0 Å². The molecule has 0 unspecified atom stereocenters. The largest absolute Gasteiger partial charge is 0.356 e. The van der Waals surface area contributed by atoms with Gasteiger partial charge in [0.1, 0.15) is 6.33 Å². The number of nitrogens with one attached hydrogen (secondary N) is 1. The Morgan fingerprint density at radius 2 is 2.07 bits per heavy atom. The second kappa shape index (κ2) is 4.30. The van der Waals surface area contributed by atoms with E-state index in [4.69, 9.17) is 11.6 Å². The SMILES string of the molecule is Clc1nnc(NCc2cncnc2)s1. The van der Waals surface area contributed by atoms with E-state index in [-0.39, 0.29) is 0 Å². The number of hydrogen-bond donors (Lipinski definition) is 1. The van der Waals surface area contributed by atoms with Gasteiger partial charge in [-0.25, -0.2) is 9.97 Å². The second-order valence-electron chi connectivity index (χ2n) is 2.46. The molecule has 2 rings (SSSR count). The van der Waals surface area contributed by atoms with E-state index in [1.165, 1.54) is 17.7 Å². The van der Waals surface area contributed by atoms with Crippen LogP contribution in [0.3, 0.4) is 0 Å². The molecule has 0 saturated carbocycles. The third-order valence-corrected chi connectivity index (χ3v) is 2.43. The van der Waals surface area contributed by atoms with E-state index in [9.17, 15) is 0 Å². The number of hydrogen-bond acceptors (Lipinski definition) is 6. The highest BCUT2D eigenvalue weighted by Crippen LogP contribution is 2.19. The molecule has 2 aromatic heterocycles. The maximum atomic E-state index is 5.62. The Balaban J connectivity index is 1.95. The molecule has 0 atom stereocenters. The molecule has 0 amide bonds. The van der Waals surface area contributed by atoms with Crippen LogP contribution in [0.1, 0.15) is 5.56 Å². The van der Waals surface area contributed by atoms with Crippen molar-refractivity contribution in [3.63, 3.8) is 0 Å². The molecule has 0 saturated heterocycles. The Morgan fingerprint density at radius 3 is 2.71 bits per heavy atom. The Bertz CT molecular complexity index is 403. The summed E-state index contributed by atoms with van der Waals surface area (Å²) in [6.07, 6.45) is 4.97. The maximum absolute atomic E-state index is 5.62. The number of rotatable bonds is 3. The lowest BCUT2D eigenvalue weighted by Gasteiger charge is -1.99. The molecular weight excluding hydrogens is 222 g/mol. The zero-order valence-corrected chi connectivity index (χ0v) is 8.59. The summed E-state index contributed by atoms with van der Waals surface area (Å²) in [4.78, 5) is 7.78. The van der Waals surface area contributed by atoms with Crippen molar-refractivity contribution < 1.29 is 0 Å². The Morgan fingerprint density at radius 1 is 1.29 bits per heavy atom. The minimum atomic E-state index is 0.428. The molecule has 2 aromatic rings. The van der Waals surface area contributed by atoms with Crippen molar-refractivity contribution >= 4 is 28.1 Å². The lowest BCUT2D eigenvalue weighted by Crippen LogP contribution is -1.99. The van der Waals surface area contributed by atoms with Gasteiger partial charge in [-0.3, -0.25) is 0 Å². The number of anilines is 1. The van der Waals surface area contributed by atoms with Crippen molar-refractivity contribution in [1.82, 2.24) is 20.2 Å². The van der Waals surface area contributed by atoms with Gasteiger partial charge in [-0.05, 0) is 11.6 Å². The van der Waals surface area contributed by atoms with Gasteiger partial charge in [0.05, 0.1) is 0 Å². The Labute approximate surface area is 89.2 Å². The molecule has 2 heterocycles. The maximum Gasteiger partial charge on any atom is 0.208 e. The van der Waals surface area contributed by atoms with Crippen LogP contribution in [0, 0.1) is 0 Å². The van der Waals surface area contributed by atoms with E-state index in [0.717, 1.165) is 5.56 Å². The van der Waals surface area contributed by atoms with Crippen LogP contribution in [-0.2, 0) is 6.54 Å². The molecule has 5 nitrogen and oxygen atoms in total. The van der Waals surface area contributed by atoms with Crippen LogP contribution in [0.5, 0.6) is 0 Å². The van der Waals surface area contributed by atoms with Crippen LogP contribution in [0.25, 0.3) is 0 Å². The fourth-order valence-corrected chi connectivity index (χ4v) is 1.60. The van der Waals surface area contributed by atoms with Crippen molar-refractivity contribution in [2.24, 2.45) is 0 Å². The van der Waals surface area contributed by atoms with Gasteiger partial charge in [-0.2, -0.15) is 0 Å². The lowest BCUT2D eigenvalue weighted by molar-refractivity contribution is 1.02. The van der Waals surface area contributed by atoms with Crippen molar-refractivity contribution in [2.75, 3.05) is 5.32 Å². The predicted molar refractivity (Wildman–Crippen MR) is 54.3 cm³/mol. The summed E-state index contributed by atoms with van der Waals surface area (Å²) in [6, 6.07) is 0. The van der Waals surface area contributed by atoms with Crippen LogP contribution in [0.4, 0.5) is 5.13 Å². The van der Waals surface area contributed by atoms with E-state index >= 15 is 0 Å². The van der Waals surface area contributed by atoms with Crippen molar-refractivity contribution in [3.8, 4) is 0 Å². The monoisotopic (exact) mass is 227 g/mol. The van der Waals surface area contributed by atoms with Crippen LogP contribution in [-0.4, -0.2) is 20.2 Å². The first-order chi connectivity index (χ1) is 6.84. The molecule has 0 spiro atoms. The van der Waals surface area contributed by atoms with E-state index in [0.29, 0.717) is 16.1 Å². The highest BCUT2D eigenvalue weighted by molar-refractivity contribution is 7.18. The van der Waals surface area contributed by atoms with Gasteiger partial charge in [-0.1, -0.05) is 11.3 Å². The summed E-state index contributed by atoms with van der Waals surface area (Å²) in [7, 11) is 0. The molecule has 0 aliphatic rings. The number of aromatic nitrogens is 4. The lowest BCUT2D eigenvalue weighted by atomic mass is 10.3. The van der Waals surface area contributed by atoms with Gasteiger partial charge in [0.2, 0.25) is 9.60 Å². The molecule has 0 fully saturated rings. The zero-order chi connectivity index (χ0) is 9.80. The molecule has 1 N–H and O–H groups in total. The van der Waals surface area contributed by atoms with E-state index in [1.807, 2.05) is 0 Å². The molecule has 14 heavy (non-hydrogen) atoms. The highest BCUT2D eigenvalue weighted by atomic mass is 35.5.